The molecule has 246 valence electrons. The molecule has 0 aliphatic heterocycles. The van der Waals surface area contributed by atoms with Gasteiger partial charge in [0.05, 0.1) is 11.0 Å². The normalized spacial score (nSPS) is 12.1. The van der Waals surface area contributed by atoms with Crippen molar-refractivity contribution in [2.24, 2.45) is 0 Å². The fourth-order valence-electron chi connectivity index (χ4n) is 7.32. The van der Waals surface area contributed by atoms with E-state index in [4.69, 9.17) is 19.4 Å². The molecule has 0 saturated heterocycles. The zero-order valence-corrected chi connectivity index (χ0v) is 29.1. The zero-order valence-electron chi connectivity index (χ0n) is 28.2. The molecular formula is C46H30N4OS. The summed E-state index contributed by atoms with van der Waals surface area (Å²) in [5, 5.41) is 5.71. The number of fused-ring (bicyclic) bond motifs is 7. The standard InChI is InChI=1S/C46H30N4OS/c1-28(50-38-22-12-9-19-32(38)35-27-41-36(26-39(35)50)33-20-10-13-23-40(33)51-41)25-37-34-21-11-14-24-42(34)52-43(37)29(2)44-47-45(30-15-5-3-6-16-30)49-46(48-44)31-17-7-4-8-18-31/h3-27H,2H2,1H3/b28-25+. The average Bonchev–Trinajstić information content (AvgIpc) is 3.86. The van der Waals surface area contributed by atoms with Crippen LogP contribution in [0.3, 0.4) is 0 Å². The van der Waals surface area contributed by atoms with Crippen LogP contribution in [0, 0.1) is 0 Å². The van der Waals surface area contributed by atoms with Gasteiger partial charge in [-0.25, -0.2) is 15.0 Å². The number of hydrogen-bond acceptors (Lipinski definition) is 5. The summed E-state index contributed by atoms with van der Waals surface area (Å²) >= 11 is 1.71. The smallest absolute Gasteiger partial charge is 0.164 e. The third-order valence-corrected chi connectivity index (χ3v) is 11.0. The van der Waals surface area contributed by atoms with Gasteiger partial charge in [0.15, 0.2) is 17.5 Å². The number of furan rings is 1. The molecule has 0 unspecified atom stereocenters. The highest BCUT2D eigenvalue weighted by Crippen LogP contribution is 2.42. The van der Waals surface area contributed by atoms with E-state index in [0.717, 1.165) is 76.6 Å². The second kappa shape index (κ2) is 12.0. The first kappa shape index (κ1) is 30.2. The van der Waals surface area contributed by atoms with Crippen LogP contribution in [0.1, 0.15) is 23.2 Å². The number of thiophene rings is 1. The summed E-state index contributed by atoms with van der Waals surface area (Å²) in [5.41, 5.74) is 8.84. The van der Waals surface area contributed by atoms with Crippen molar-refractivity contribution in [2.45, 2.75) is 6.92 Å². The molecular weight excluding hydrogens is 657 g/mol. The molecule has 0 radical (unpaired) electrons. The molecule has 0 saturated carbocycles. The van der Waals surface area contributed by atoms with E-state index in [-0.39, 0.29) is 0 Å². The summed E-state index contributed by atoms with van der Waals surface area (Å²) in [6, 6.07) is 50.0. The van der Waals surface area contributed by atoms with E-state index in [1.165, 1.54) is 10.1 Å². The SMILES string of the molecule is C=C(c1nc(-c2ccccc2)nc(-c2ccccc2)n1)c1sc2ccccc2c1/C=C(\C)n1c2ccccc2c2cc3oc4ccccc4c3cc21. The Morgan fingerprint density at radius 1 is 0.596 bits per heavy atom. The first-order chi connectivity index (χ1) is 25.6. The molecule has 0 atom stereocenters. The van der Waals surface area contributed by atoms with E-state index in [1.54, 1.807) is 11.3 Å². The Morgan fingerprint density at radius 2 is 1.21 bits per heavy atom. The van der Waals surface area contributed by atoms with E-state index in [0.29, 0.717) is 17.5 Å². The van der Waals surface area contributed by atoms with Crippen molar-refractivity contribution in [3.63, 3.8) is 0 Å². The van der Waals surface area contributed by atoms with Crippen LogP contribution in [0.2, 0.25) is 0 Å². The summed E-state index contributed by atoms with van der Waals surface area (Å²) < 4.78 is 9.86. The lowest BCUT2D eigenvalue weighted by molar-refractivity contribution is 0.669. The summed E-state index contributed by atoms with van der Waals surface area (Å²) in [6.07, 6.45) is 2.29. The number of benzene rings is 6. The maximum Gasteiger partial charge on any atom is 0.164 e. The number of nitrogens with zero attached hydrogens (tertiary/aromatic N) is 4. The molecule has 0 amide bonds. The summed E-state index contributed by atoms with van der Waals surface area (Å²) in [5.74, 6) is 1.78. The van der Waals surface area contributed by atoms with Crippen molar-refractivity contribution < 1.29 is 4.42 Å². The van der Waals surface area contributed by atoms with Gasteiger partial charge in [0.1, 0.15) is 11.2 Å². The highest BCUT2D eigenvalue weighted by Gasteiger charge is 2.21. The lowest BCUT2D eigenvalue weighted by atomic mass is 10.0. The van der Waals surface area contributed by atoms with Gasteiger partial charge in [-0.3, -0.25) is 0 Å². The highest BCUT2D eigenvalue weighted by atomic mass is 32.1. The molecule has 0 aliphatic rings. The summed E-state index contributed by atoms with van der Waals surface area (Å²) in [4.78, 5) is 16.0. The monoisotopic (exact) mass is 686 g/mol. The van der Waals surface area contributed by atoms with E-state index in [2.05, 4.69) is 96.9 Å². The Kier molecular flexibility index (Phi) is 6.98. The van der Waals surface area contributed by atoms with Crippen molar-refractivity contribution in [2.75, 3.05) is 0 Å². The van der Waals surface area contributed by atoms with Crippen molar-refractivity contribution in [3.05, 3.63) is 168 Å². The number of allylic oxidation sites excluding steroid dienone is 1. The van der Waals surface area contributed by atoms with Crippen LogP contribution in [-0.2, 0) is 0 Å². The Balaban J connectivity index is 1.18. The van der Waals surface area contributed by atoms with Gasteiger partial charge in [-0.15, -0.1) is 11.3 Å². The number of rotatable bonds is 6. The van der Waals surface area contributed by atoms with E-state index in [9.17, 15) is 0 Å². The van der Waals surface area contributed by atoms with Gasteiger partial charge in [-0.1, -0.05) is 122 Å². The maximum absolute atomic E-state index is 6.32. The van der Waals surface area contributed by atoms with Gasteiger partial charge < -0.3 is 8.98 Å². The molecule has 52 heavy (non-hydrogen) atoms. The molecule has 0 spiro atoms. The third kappa shape index (κ3) is 4.88. The molecule has 10 rings (SSSR count). The van der Waals surface area contributed by atoms with Crippen molar-refractivity contribution in [1.82, 2.24) is 19.5 Å². The van der Waals surface area contributed by atoms with Gasteiger partial charge in [-0.2, -0.15) is 0 Å². The molecule has 10 aromatic rings. The van der Waals surface area contributed by atoms with Crippen molar-refractivity contribution in [3.8, 4) is 22.8 Å². The Labute approximate surface area is 303 Å². The Morgan fingerprint density at radius 3 is 1.94 bits per heavy atom. The second-order valence-corrected chi connectivity index (χ2v) is 14.0. The van der Waals surface area contributed by atoms with Gasteiger partial charge in [0, 0.05) is 64.5 Å². The Hall–Kier alpha value is -6.63. The van der Waals surface area contributed by atoms with E-state index >= 15 is 0 Å². The average molecular weight is 687 g/mol. The number of para-hydroxylation sites is 2. The largest absolute Gasteiger partial charge is 0.456 e. The topological polar surface area (TPSA) is 56.7 Å². The highest BCUT2D eigenvalue weighted by molar-refractivity contribution is 7.20. The van der Waals surface area contributed by atoms with E-state index < -0.39 is 0 Å². The first-order valence-corrected chi connectivity index (χ1v) is 18.0. The summed E-state index contributed by atoms with van der Waals surface area (Å²) in [7, 11) is 0. The summed E-state index contributed by atoms with van der Waals surface area (Å²) in [6.45, 7) is 6.85. The molecule has 4 heterocycles. The van der Waals surface area contributed by atoms with Gasteiger partial charge in [-0.05, 0) is 43.3 Å². The quantitative estimate of drug-likeness (QED) is 0.175. The van der Waals surface area contributed by atoms with Gasteiger partial charge >= 0.3 is 0 Å². The molecule has 0 N–H and O–H groups in total. The minimum absolute atomic E-state index is 0.553. The van der Waals surface area contributed by atoms with Crippen LogP contribution in [-0.4, -0.2) is 19.5 Å². The maximum atomic E-state index is 6.32. The van der Waals surface area contributed by atoms with Gasteiger partial charge in [0.25, 0.3) is 0 Å². The van der Waals surface area contributed by atoms with Crippen molar-refractivity contribution >= 4 is 82.5 Å². The minimum atomic E-state index is 0.553. The predicted molar refractivity (Wildman–Crippen MR) is 217 cm³/mol. The minimum Gasteiger partial charge on any atom is -0.456 e. The van der Waals surface area contributed by atoms with Crippen LogP contribution in [0.15, 0.2) is 157 Å². The third-order valence-electron chi connectivity index (χ3n) is 9.75. The van der Waals surface area contributed by atoms with E-state index in [1.807, 2.05) is 72.8 Å². The lowest BCUT2D eigenvalue weighted by Gasteiger charge is -2.11. The zero-order chi connectivity index (χ0) is 34.8. The molecule has 0 aliphatic carbocycles. The fraction of sp³-hybridized carbons (Fsp3) is 0.0217. The number of aromatic nitrogens is 4. The number of hydrogen-bond donors (Lipinski definition) is 0. The van der Waals surface area contributed by atoms with Crippen LogP contribution in [0.4, 0.5) is 0 Å². The predicted octanol–water partition coefficient (Wildman–Crippen LogP) is 12.5. The molecule has 4 aromatic heterocycles. The lowest BCUT2D eigenvalue weighted by Crippen LogP contribution is -2.03. The molecule has 0 bridgehead atoms. The Bertz CT molecular complexity index is 2980. The fourth-order valence-corrected chi connectivity index (χ4v) is 8.47. The van der Waals surface area contributed by atoms with Crippen molar-refractivity contribution in [1.29, 1.82) is 0 Å². The van der Waals surface area contributed by atoms with Crippen LogP contribution < -0.4 is 0 Å². The van der Waals surface area contributed by atoms with Gasteiger partial charge in [0.2, 0.25) is 0 Å². The molecule has 5 nitrogen and oxygen atoms in total. The van der Waals surface area contributed by atoms with Crippen LogP contribution in [0.5, 0.6) is 0 Å². The van der Waals surface area contributed by atoms with Crippen LogP contribution in [0.25, 0.3) is 94.0 Å². The molecule has 0 fully saturated rings. The molecule has 6 heteroatoms. The first-order valence-electron chi connectivity index (χ1n) is 17.2. The molecule has 6 aromatic carbocycles. The second-order valence-electron chi connectivity index (χ2n) is 13.0. The van der Waals surface area contributed by atoms with Crippen LogP contribution >= 0.6 is 11.3 Å².